The second kappa shape index (κ2) is 7.36. The zero-order valence-electron chi connectivity index (χ0n) is 13.2. The van der Waals surface area contributed by atoms with Crippen LogP contribution in [0.1, 0.15) is 10.6 Å². The summed E-state index contributed by atoms with van der Waals surface area (Å²) >= 11 is 1.68. The van der Waals surface area contributed by atoms with Crippen molar-refractivity contribution >= 4 is 23.2 Å². The van der Waals surface area contributed by atoms with Crippen molar-refractivity contribution in [3.05, 3.63) is 34.5 Å². The van der Waals surface area contributed by atoms with Gasteiger partial charge in [0.25, 0.3) is 0 Å². The summed E-state index contributed by atoms with van der Waals surface area (Å²) in [6, 6.07) is 1.83. The zero-order chi connectivity index (χ0) is 16.1. The highest BCUT2D eigenvalue weighted by Crippen LogP contribution is 2.13. The van der Waals surface area contributed by atoms with Gasteiger partial charge in [0.15, 0.2) is 5.96 Å². The number of hydrogen-bond acceptors (Lipinski definition) is 6. The molecule has 0 aromatic carbocycles. The maximum absolute atomic E-state index is 6.12. The van der Waals surface area contributed by atoms with Gasteiger partial charge in [0.05, 0.1) is 11.2 Å². The lowest BCUT2D eigenvalue weighted by molar-refractivity contribution is 0.378. The lowest BCUT2D eigenvalue weighted by atomic mass is 10.3. The summed E-state index contributed by atoms with van der Waals surface area (Å²) in [7, 11) is 0. The highest BCUT2D eigenvalue weighted by Gasteiger charge is 2.19. The minimum absolute atomic E-state index is 0.626. The van der Waals surface area contributed by atoms with Crippen LogP contribution in [0.25, 0.3) is 0 Å². The number of anilines is 1. The summed E-state index contributed by atoms with van der Waals surface area (Å²) in [6.45, 7) is 6.13. The Hall–Kier alpha value is -2.22. The van der Waals surface area contributed by atoms with Gasteiger partial charge in [-0.1, -0.05) is 0 Å². The van der Waals surface area contributed by atoms with E-state index in [9.17, 15) is 0 Å². The Balaban J connectivity index is 1.49. The number of aliphatic imine (C=N–C) groups is 1. The molecule has 0 spiro atoms. The number of aromatic nitrogens is 3. The molecule has 3 heterocycles. The summed E-state index contributed by atoms with van der Waals surface area (Å²) in [5, 5.41) is 0. The first kappa shape index (κ1) is 15.7. The number of hydrogen-bond donors (Lipinski definition) is 1. The molecule has 122 valence electrons. The van der Waals surface area contributed by atoms with E-state index in [1.807, 2.05) is 18.5 Å². The summed E-state index contributed by atoms with van der Waals surface area (Å²) in [5.74, 6) is 1.41. The van der Waals surface area contributed by atoms with E-state index in [-0.39, 0.29) is 0 Å². The van der Waals surface area contributed by atoms with Gasteiger partial charge in [-0.15, -0.1) is 11.3 Å². The fourth-order valence-corrected chi connectivity index (χ4v) is 3.30. The van der Waals surface area contributed by atoms with Gasteiger partial charge in [-0.3, -0.25) is 4.99 Å². The minimum Gasteiger partial charge on any atom is -0.370 e. The van der Waals surface area contributed by atoms with Gasteiger partial charge in [0, 0.05) is 56.4 Å². The number of thiazole rings is 1. The smallest absolute Gasteiger partial charge is 0.225 e. The molecule has 8 heteroatoms. The SMILES string of the molecule is Cc1ncsc1CCN=C(N)N1CCN(c2ncccn2)CC1. The monoisotopic (exact) mass is 331 g/mol. The van der Waals surface area contributed by atoms with Crippen molar-refractivity contribution in [2.24, 2.45) is 10.7 Å². The lowest BCUT2D eigenvalue weighted by Gasteiger charge is -2.35. The van der Waals surface area contributed by atoms with Crippen LogP contribution in [0, 0.1) is 6.92 Å². The number of guanidine groups is 1. The summed E-state index contributed by atoms with van der Waals surface area (Å²) in [4.78, 5) is 22.9. The Morgan fingerprint density at radius 3 is 2.61 bits per heavy atom. The molecule has 1 saturated heterocycles. The first-order chi connectivity index (χ1) is 11.2. The summed E-state index contributed by atoms with van der Waals surface area (Å²) in [6.07, 6.45) is 4.44. The summed E-state index contributed by atoms with van der Waals surface area (Å²) in [5.41, 5.74) is 9.10. The number of aryl methyl sites for hydroxylation is 1. The molecule has 1 fully saturated rings. The Morgan fingerprint density at radius 1 is 1.22 bits per heavy atom. The van der Waals surface area contributed by atoms with E-state index in [1.165, 1.54) is 4.88 Å². The molecule has 0 saturated carbocycles. The normalized spacial score (nSPS) is 16.0. The molecular weight excluding hydrogens is 310 g/mol. The topological polar surface area (TPSA) is 83.5 Å². The van der Waals surface area contributed by atoms with Crippen molar-refractivity contribution in [1.82, 2.24) is 19.9 Å². The molecule has 0 radical (unpaired) electrons. The highest BCUT2D eigenvalue weighted by atomic mass is 32.1. The average molecular weight is 331 g/mol. The highest BCUT2D eigenvalue weighted by molar-refractivity contribution is 7.09. The van der Waals surface area contributed by atoms with Crippen molar-refractivity contribution in [2.45, 2.75) is 13.3 Å². The van der Waals surface area contributed by atoms with Crippen molar-refractivity contribution in [3.63, 3.8) is 0 Å². The van der Waals surface area contributed by atoms with Crippen molar-refractivity contribution in [1.29, 1.82) is 0 Å². The molecular formula is C15H21N7S. The Morgan fingerprint density at radius 2 is 1.96 bits per heavy atom. The van der Waals surface area contributed by atoms with Crippen molar-refractivity contribution in [2.75, 3.05) is 37.6 Å². The van der Waals surface area contributed by atoms with Crippen LogP contribution in [0.2, 0.25) is 0 Å². The third-order valence-corrected chi connectivity index (χ3v) is 4.89. The van der Waals surface area contributed by atoms with Gasteiger partial charge >= 0.3 is 0 Å². The molecule has 7 nitrogen and oxygen atoms in total. The van der Waals surface area contributed by atoms with Crippen molar-refractivity contribution < 1.29 is 0 Å². The Bertz CT molecular complexity index is 647. The molecule has 1 aliphatic heterocycles. The van der Waals surface area contributed by atoms with E-state index in [0.717, 1.165) is 44.2 Å². The van der Waals surface area contributed by atoms with Gasteiger partial charge < -0.3 is 15.5 Å². The first-order valence-corrected chi connectivity index (χ1v) is 8.58. The van der Waals surface area contributed by atoms with Gasteiger partial charge in [-0.2, -0.15) is 0 Å². The van der Waals surface area contributed by atoms with E-state index >= 15 is 0 Å². The third-order valence-electron chi connectivity index (χ3n) is 3.90. The lowest BCUT2D eigenvalue weighted by Crippen LogP contribution is -2.51. The van der Waals surface area contributed by atoms with Crippen LogP contribution in [0.15, 0.2) is 29.0 Å². The van der Waals surface area contributed by atoms with E-state index < -0.39 is 0 Å². The van der Waals surface area contributed by atoms with Crippen LogP contribution in [-0.2, 0) is 6.42 Å². The molecule has 0 unspecified atom stereocenters. The van der Waals surface area contributed by atoms with E-state index in [4.69, 9.17) is 5.73 Å². The standard InChI is InChI=1S/C15H21N7S/c1-12-13(23-11-20-12)3-6-17-14(16)21-7-9-22(10-8-21)15-18-4-2-5-19-15/h2,4-5,11H,3,6-10H2,1H3,(H2,16,17). The molecule has 0 bridgehead atoms. The van der Waals surface area contributed by atoms with E-state index in [2.05, 4.69) is 29.7 Å². The van der Waals surface area contributed by atoms with Crippen molar-refractivity contribution in [3.8, 4) is 0 Å². The Labute approximate surface area is 139 Å². The van der Waals surface area contributed by atoms with Crippen LogP contribution in [0.4, 0.5) is 5.95 Å². The molecule has 23 heavy (non-hydrogen) atoms. The van der Waals surface area contributed by atoms with Crippen LogP contribution < -0.4 is 10.6 Å². The van der Waals surface area contributed by atoms with Crippen LogP contribution in [0.5, 0.6) is 0 Å². The first-order valence-electron chi connectivity index (χ1n) is 7.70. The molecule has 0 aliphatic carbocycles. The predicted octanol–water partition coefficient (Wildman–Crippen LogP) is 0.921. The predicted molar refractivity (Wildman–Crippen MR) is 92.9 cm³/mol. The largest absolute Gasteiger partial charge is 0.370 e. The van der Waals surface area contributed by atoms with E-state index in [0.29, 0.717) is 12.5 Å². The fourth-order valence-electron chi connectivity index (χ4n) is 2.53. The number of rotatable bonds is 4. The molecule has 0 amide bonds. The number of nitrogens with two attached hydrogens (primary N) is 1. The molecule has 2 aromatic rings. The Kier molecular flexibility index (Phi) is 5.02. The second-order valence-electron chi connectivity index (χ2n) is 5.37. The summed E-state index contributed by atoms with van der Waals surface area (Å²) < 4.78 is 0. The van der Waals surface area contributed by atoms with Gasteiger partial charge in [0.2, 0.25) is 5.95 Å². The third kappa shape index (κ3) is 3.95. The molecule has 2 N–H and O–H groups in total. The molecule has 0 atom stereocenters. The quantitative estimate of drug-likeness (QED) is 0.662. The van der Waals surface area contributed by atoms with Crippen LogP contribution >= 0.6 is 11.3 Å². The molecule has 2 aromatic heterocycles. The average Bonchev–Trinajstić information content (AvgIpc) is 3.01. The molecule has 3 rings (SSSR count). The minimum atomic E-state index is 0.626. The zero-order valence-corrected chi connectivity index (χ0v) is 14.0. The maximum atomic E-state index is 6.12. The maximum Gasteiger partial charge on any atom is 0.225 e. The second-order valence-corrected chi connectivity index (χ2v) is 6.31. The number of nitrogens with zero attached hydrogens (tertiary/aromatic N) is 6. The van der Waals surface area contributed by atoms with Crippen LogP contribution in [0.3, 0.4) is 0 Å². The van der Waals surface area contributed by atoms with Crippen LogP contribution in [-0.4, -0.2) is 58.5 Å². The van der Waals surface area contributed by atoms with Gasteiger partial charge in [0.1, 0.15) is 0 Å². The molecule has 1 aliphatic rings. The van der Waals surface area contributed by atoms with Gasteiger partial charge in [-0.25, -0.2) is 15.0 Å². The van der Waals surface area contributed by atoms with E-state index in [1.54, 1.807) is 23.7 Å². The fraction of sp³-hybridized carbons (Fsp3) is 0.467. The van der Waals surface area contributed by atoms with Gasteiger partial charge in [-0.05, 0) is 13.0 Å². The number of piperazine rings is 1.